The second kappa shape index (κ2) is 7.35. The first kappa shape index (κ1) is 15.7. The standard InChI is InChI=1S/C16H22Cl2N2/c1-12(2)5-8-20-9-6-14(7-10-20)19-16-4-3-13(17)11-15(16)18/h3-5,11,14,19H,6-10H2,1-2H3. The second-order valence-corrected chi connectivity index (χ2v) is 6.47. The van der Waals surface area contributed by atoms with Gasteiger partial charge in [0.05, 0.1) is 10.7 Å². The number of likely N-dealkylation sites (tertiary alicyclic amines) is 1. The molecule has 0 unspecified atom stereocenters. The van der Waals surface area contributed by atoms with E-state index in [0.29, 0.717) is 16.1 Å². The molecule has 1 aliphatic heterocycles. The predicted molar refractivity (Wildman–Crippen MR) is 89.0 cm³/mol. The Labute approximate surface area is 131 Å². The number of allylic oxidation sites excluding steroid dienone is 1. The highest BCUT2D eigenvalue weighted by molar-refractivity contribution is 6.36. The zero-order chi connectivity index (χ0) is 14.5. The van der Waals surface area contributed by atoms with Gasteiger partial charge < -0.3 is 5.32 Å². The molecule has 1 fully saturated rings. The van der Waals surface area contributed by atoms with Crippen LogP contribution in [0.2, 0.25) is 10.0 Å². The maximum absolute atomic E-state index is 6.20. The van der Waals surface area contributed by atoms with Crippen molar-refractivity contribution in [1.29, 1.82) is 0 Å². The van der Waals surface area contributed by atoms with Gasteiger partial charge in [0, 0.05) is 30.7 Å². The average molecular weight is 313 g/mol. The Kier molecular flexibility index (Phi) is 5.76. The first-order chi connectivity index (χ1) is 9.54. The van der Waals surface area contributed by atoms with E-state index in [2.05, 4.69) is 30.1 Å². The molecule has 1 heterocycles. The minimum absolute atomic E-state index is 0.497. The molecule has 0 bridgehead atoms. The van der Waals surface area contributed by atoms with Crippen molar-refractivity contribution >= 4 is 28.9 Å². The molecule has 1 saturated heterocycles. The molecule has 4 heteroatoms. The molecular formula is C16H22Cl2N2. The van der Waals surface area contributed by atoms with Gasteiger partial charge in [-0.15, -0.1) is 0 Å². The Morgan fingerprint density at radius 3 is 2.60 bits per heavy atom. The van der Waals surface area contributed by atoms with E-state index >= 15 is 0 Å². The Hall–Kier alpha value is -0.700. The van der Waals surface area contributed by atoms with Gasteiger partial charge in [-0.1, -0.05) is 34.9 Å². The number of anilines is 1. The summed E-state index contributed by atoms with van der Waals surface area (Å²) in [6, 6.07) is 6.12. The van der Waals surface area contributed by atoms with E-state index in [1.54, 1.807) is 6.07 Å². The topological polar surface area (TPSA) is 15.3 Å². The van der Waals surface area contributed by atoms with Gasteiger partial charge in [-0.25, -0.2) is 0 Å². The summed E-state index contributed by atoms with van der Waals surface area (Å²) in [5, 5.41) is 4.91. The van der Waals surface area contributed by atoms with Crippen LogP contribution in [-0.2, 0) is 0 Å². The van der Waals surface area contributed by atoms with Crippen molar-refractivity contribution < 1.29 is 0 Å². The van der Waals surface area contributed by atoms with Crippen LogP contribution in [0.1, 0.15) is 26.7 Å². The summed E-state index contributed by atoms with van der Waals surface area (Å²) in [4.78, 5) is 2.49. The van der Waals surface area contributed by atoms with Crippen LogP contribution in [0.25, 0.3) is 0 Å². The Balaban J connectivity index is 1.83. The second-order valence-electron chi connectivity index (χ2n) is 5.62. The van der Waals surface area contributed by atoms with Gasteiger partial charge in [-0.2, -0.15) is 0 Å². The van der Waals surface area contributed by atoms with Gasteiger partial charge in [-0.05, 0) is 44.9 Å². The summed E-state index contributed by atoms with van der Waals surface area (Å²) in [7, 11) is 0. The average Bonchev–Trinajstić information content (AvgIpc) is 2.41. The SMILES string of the molecule is CC(C)=CCN1CCC(Nc2ccc(Cl)cc2Cl)CC1. The summed E-state index contributed by atoms with van der Waals surface area (Å²) in [5.74, 6) is 0. The molecule has 0 saturated carbocycles. The van der Waals surface area contributed by atoms with Crippen LogP contribution in [0, 0.1) is 0 Å². The maximum atomic E-state index is 6.20. The number of nitrogens with one attached hydrogen (secondary N) is 1. The third-order valence-electron chi connectivity index (χ3n) is 3.64. The van der Waals surface area contributed by atoms with Gasteiger partial charge in [0.2, 0.25) is 0 Å². The van der Waals surface area contributed by atoms with Crippen LogP contribution in [0.4, 0.5) is 5.69 Å². The molecule has 0 amide bonds. The van der Waals surface area contributed by atoms with E-state index < -0.39 is 0 Å². The third-order valence-corrected chi connectivity index (χ3v) is 4.18. The highest BCUT2D eigenvalue weighted by atomic mass is 35.5. The number of hydrogen-bond acceptors (Lipinski definition) is 2. The molecule has 20 heavy (non-hydrogen) atoms. The summed E-state index contributed by atoms with van der Waals surface area (Å²) < 4.78 is 0. The van der Waals surface area contributed by atoms with Crippen LogP contribution >= 0.6 is 23.2 Å². The first-order valence-electron chi connectivity index (χ1n) is 7.12. The number of rotatable bonds is 4. The molecule has 0 aromatic heterocycles. The van der Waals surface area contributed by atoms with Gasteiger partial charge in [0.15, 0.2) is 0 Å². The highest BCUT2D eigenvalue weighted by Crippen LogP contribution is 2.27. The molecule has 2 nitrogen and oxygen atoms in total. The first-order valence-corrected chi connectivity index (χ1v) is 7.87. The molecule has 0 spiro atoms. The molecule has 110 valence electrons. The van der Waals surface area contributed by atoms with Gasteiger partial charge in [-0.3, -0.25) is 4.90 Å². The molecule has 1 N–H and O–H groups in total. The fourth-order valence-corrected chi connectivity index (χ4v) is 2.86. The minimum atomic E-state index is 0.497. The van der Waals surface area contributed by atoms with Crippen LogP contribution in [0.5, 0.6) is 0 Å². The fourth-order valence-electron chi connectivity index (χ4n) is 2.40. The zero-order valence-electron chi connectivity index (χ0n) is 12.1. The number of nitrogens with zero attached hydrogens (tertiary/aromatic N) is 1. The van der Waals surface area contributed by atoms with E-state index in [4.69, 9.17) is 23.2 Å². The monoisotopic (exact) mass is 312 g/mol. The Bertz CT molecular complexity index is 473. The van der Waals surface area contributed by atoms with Crippen LogP contribution in [-0.4, -0.2) is 30.6 Å². The van der Waals surface area contributed by atoms with Crippen molar-refractivity contribution in [1.82, 2.24) is 4.90 Å². The summed E-state index contributed by atoms with van der Waals surface area (Å²) in [6.07, 6.45) is 4.59. The van der Waals surface area contributed by atoms with Crippen molar-refractivity contribution in [2.45, 2.75) is 32.7 Å². The van der Waals surface area contributed by atoms with E-state index in [-0.39, 0.29) is 0 Å². The molecule has 0 radical (unpaired) electrons. The van der Waals surface area contributed by atoms with E-state index in [0.717, 1.165) is 38.2 Å². The molecule has 1 aliphatic rings. The highest BCUT2D eigenvalue weighted by Gasteiger charge is 2.18. The number of benzene rings is 1. The lowest BCUT2D eigenvalue weighted by molar-refractivity contribution is 0.240. The quantitative estimate of drug-likeness (QED) is 0.801. The molecule has 0 atom stereocenters. The van der Waals surface area contributed by atoms with Gasteiger partial charge >= 0.3 is 0 Å². The van der Waals surface area contributed by atoms with Crippen molar-refractivity contribution in [2.24, 2.45) is 0 Å². The molecular weight excluding hydrogens is 291 g/mol. The van der Waals surface area contributed by atoms with Crippen molar-refractivity contribution in [3.63, 3.8) is 0 Å². The van der Waals surface area contributed by atoms with Crippen LogP contribution in [0.3, 0.4) is 0 Å². The molecule has 2 rings (SSSR count). The smallest absolute Gasteiger partial charge is 0.0652 e. The summed E-state index contributed by atoms with van der Waals surface area (Å²) >= 11 is 12.1. The summed E-state index contributed by atoms with van der Waals surface area (Å²) in [6.45, 7) is 7.63. The largest absolute Gasteiger partial charge is 0.381 e. The normalized spacial score (nSPS) is 17.0. The lowest BCUT2D eigenvalue weighted by atomic mass is 10.0. The molecule has 1 aromatic carbocycles. The van der Waals surface area contributed by atoms with Gasteiger partial charge in [0.1, 0.15) is 0 Å². The van der Waals surface area contributed by atoms with E-state index in [9.17, 15) is 0 Å². The van der Waals surface area contributed by atoms with Gasteiger partial charge in [0.25, 0.3) is 0 Å². The zero-order valence-corrected chi connectivity index (χ0v) is 13.6. The Morgan fingerprint density at radius 1 is 1.30 bits per heavy atom. The molecule has 1 aromatic rings. The third kappa shape index (κ3) is 4.69. The van der Waals surface area contributed by atoms with Crippen molar-refractivity contribution in [2.75, 3.05) is 25.0 Å². The maximum Gasteiger partial charge on any atom is 0.0652 e. The van der Waals surface area contributed by atoms with Crippen molar-refractivity contribution in [3.8, 4) is 0 Å². The Morgan fingerprint density at radius 2 is 2.00 bits per heavy atom. The predicted octanol–water partition coefficient (Wildman–Crippen LogP) is 4.84. The van der Waals surface area contributed by atoms with Crippen molar-refractivity contribution in [3.05, 3.63) is 39.9 Å². The van der Waals surface area contributed by atoms with Crippen LogP contribution in [0.15, 0.2) is 29.8 Å². The van der Waals surface area contributed by atoms with E-state index in [1.165, 1.54) is 5.57 Å². The number of piperidine rings is 1. The number of halogens is 2. The lowest BCUT2D eigenvalue weighted by Crippen LogP contribution is -2.39. The van der Waals surface area contributed by atoms with E-state index in [1.807, 2.05) is 12.1 Å². The lowest BCUT2D eigenvalue weighted by Gasteiger charge is -2.32. The molecule has 0 aliphatic carbocycles. The minimum Gasteiger partial charge on any atom is -0.381 e. The number of hydrogen-bond donors (Lipinski definition) is 1. The van der Waals surface area contributed by atoms with Crippen LogP contribution < -0.4 is 5.32 Å². The fraction of sp³-hybridized carbons (Fsp3) is 0.500. The summed E-state index contributed by atoms with van der Waals surface area (Å²) in [5.41, 5.74) is 2.37.